The highest BCUT2D eigenvalue weighted by Crippen LogP contribution is 2.34. The molecule has 0 aromatic carbocycles. The van der Waals surface area contributed by atoms with Crippen molar-refractivity contribution in [1.29, 1.82) is 21.6 Å². The van der Waals surface area contributed by atoms with Crippen molar-refractivity contribution < 1.29 is 0 Å². The van der Waals surface area contributed by atoms with Crippen LogP contribution in [0.5, 0.6) is 0 Å². The predicted molar refractivity (Wildman–Crippen MR) is 78.7 cm³/mol. The zero-order valence-corrected chi connectivity index (χ0v) is 11.9. The van der Waals surface area contributed by atoms with Crippen LogP contribution in [-0.4, -0.2) is 12.0 Å². The average Bonchev–Trinajstić information content (AvgIpc) is 2.43. The molecule has 0 saturated heterocycles. The van der Waals surface area contributed by atoms with E-state index in [4.69, 9.17) is 21.6 Å². The van der Waals surface area contributed by atoms with Crippen molar-refractivity contribution in [2.45, 2.75) is 70.6 Å². The van der Waals surface area contributed by atoms with Crippen LogP contribution in [0.2, 0.25) is 0 Å². The van der Waals surface area contributed by atoms with Gasteiger partial charge in [-0.05, 0) is 18.3 Å². The molecule has 0 aromatic rings. The van der Waals surface area contributed by atoms with Crippen LogP contribution >= 0.6 is 0 Å². The van der Waals surface area contributed by atoms with Crippen molar-refractivity contribution >= 4 is 12.0 Å². The summed E-state index contributed by atoms with van der Waals surface area (Å²) in [5.74, 6) is 2.24. The Morgan fingerprint density at radius 2 is 0.842 bits per heavy atom. The lowest BCUT2D eigenvalue weighted by Crippen LogP contribution is -2.14. The van der Waals surface area contributed by atoms with Gasteiger partial charge < -0.3 is 0 Å². The summed E-state index contributed by atoms with van der Waals surface area (Å²) in [6.07, 6.45) is 16.9. The maximum atomic E-state index is 5.62. The second kappa shape index (κ2) is 13.2. The molecule has 4 heteroatoms. The topological polar surface area (TPSA) is 95.4 Å². The van der Waals surface area contributed by atoms with Gasteiger partial charge in [0, 0.05) is 0 Å². The van der Waals surface area contributed by atoms with E-state index in [-0.39, 0.29) is 0 Å². The second-order valence-electron chi connectivity index (χ2n) is 5.49. The minimum atomic E-state index is 1.12. The van der Waals surface area contributed by atoms with E-state index in [1.807, 2.05) is 0 Å². The highest BCUT2D eigenvalue weighted by atomic mass is 14.4. The standard InChI is InChI=1S/C13H24.2CH2N2/c1-3-7-12(8-4-1)11-13-9-5-2-6-10-13;2*2-1-3/h12-13H,1-11H2;2*2-3H. The Labute approximate surface area is 117 Å². The molecular formula is C15H28N4. The zero-order valence-electron chi connectivity index (χ0n) is 11.9. The molecule has 0 amide bonds. The third-order valence-electron chi connectivity index (χ3n) is 4.12. The first-order valence-corrected chi connectivity index (χ1v) is 7.45. The van der Waals surface area contributed by atoms with Crippen molar-refractivity contribution in [3.05, 3.63) is 0 Å². The summed E-state index contributed by atoms with van der Waals surface area (Å²) in [7, 11) is 0. The van der Waals surface area contributed by atoms with Gasteiger partial charge in [-0.1, -0.05) is 64.2 Å². The Morgan fingerprint density at radius 3 is 1.11 bits per heavy atom. The molecule has 2 saturated carbocycles. The average molecular weight is 264 g/mol. The molecule has 0 spiro atoms. The first-order valence-electron chi connectivity index (χ1n) is 7.45. The largest absolute Gasteiger partial charge is 0.242 e. The Morgan fingerprint density at radius 1 is 0.579 bits per heavy atom. The summed E-state index contributed by atoms with van der Waals surface area (Å²) in [5.41, 5.74) is 0. The van der Waals surface area contributed by atoms with Gasteiger partial charge >= 0.3 is 0 Å². The molecule has 4 N–H and O–H groups in total. The van der Waals surface area contributed by atoms with Crippen LogP contribution in [0.3, 0.4) is 0 Å². The van der Waals surface area contributed by atoms with Gasteiger partial charge in [0.15, 0.2) is 0 Å². The number of hydrogen-bond acceptors (Lipinski definition) is 4. The predicted octanol–water partition coefficient (Wildman–Crippen LogP) is 5.17. The summed E-state index contributed by atoms with van der Waals surface area (Å²) >= 11 is 0. The fourth-order valence-corrected chi connectivity index (χ4v) is 3.32. The lowest BCUT2D eigenvalue weighted by Gasteiger charge is -2.28. The molecule has 2 fully saturated rings. The van der Waals surface area contributed by atoms with E-state index < -0.39 is 0 Å². The molecule has 0 aromatic heterocycles. The lowest BCUT2D eigenvalue weighted by atomic mass is 9.78. The third-order valence-corrected chi connectivity index (χ3v) is 4.12. The van der Waals surface area contributed by atoms with E-state index in [0.717, 1.165) is 11.8 Å². The van der Waals surface area contributed by atoms with E-state index in [9.17, 15) is 0 Å². The minimum Gasteiger partial charge on any atom is -0.242 e. The van der Waals surface area contributed by atoms with Crippen molar-refractivity contribution in [1.82, 2.24) is 0 Å². The fraction of sp³-hybridized carbons (Fsp3) is 0.867. The molecule has 0 heterocycles. The molecule has 0 atom stereocenters. The van der Waals surface area contributed by atoms with Gasteiger partial charge in [0.05, 0.1) is 12.0 Å². The van der Waals surface area contributed by atoms with Crippen LogP contribution in [0.25, 0.3) is 0 Å². The summed E-state index contributed by atoms with van der Waals surface area (Å²) in [4.78, 5) is 0. The lowest BCUT2D eigenvalue weighted by molar-refractivity contribution is 0.244. The van der Waals surface area contributed by atoms with Gasteiger partial charge in [0.1, 0.15) is 0 Å². The van der Waals surface area contributed by atoms with Crippen molar-refractivity contribution in [3.63, 3.8) is 0 Å². The molecule has 108 valence electrons. The smallest absolute Gasteiger partial charge is 0.0831 e. The molecule has 19 heavy (non-hydrogen) atoms. The van der Waals surface area contributed by atoms with Gasteiger partial charge in [-0.3, -0.25) is 0 Å². The number of hydrogen-bond donors (Lipinski definition) is 4. The molecule has 0 bridgehead atoms. The monoisotopic (exact) mass is 264 g/mol. The van der Waals surface area contributed by atoms with E-state index in [1.165, 1.54) is 50.5 Å². The van der Waals surface area contributed by atoms with Crippen LogP contribution in [0.15, 0.2) is 0 Å². The number of rotatable bonds is 2. The maximum absolute atomic E-state index is 5.62. The SMILES string of the molecule is C1CCC(CC2CCCCC2)CC1.N=C=N.N=C=N. The van der Waals surface area contributed by atoms with E-state index in [0.29, 0.717) is 0 Å². The normalized spacial score (nSPS) is 19.8. The van der Waals surface area contributed by atoms with Crippen LogP contribution < -0.4 is 0 Å². The summed E-state index contributed by atoms with van der Waals surface area (Å²) < 4.78 is 0. The van der Waals surface area contributed by atoms with Gasteiger partial charge in [0.2, 0.25) is 0 Å². The van der Waals surface area contributed by atoms with Gasteiger partial charge in [-0.2, -0.15) is 0 Å². The van der Waals surface area contributed by atoms with E-state index in [1.54, 1.807) is 32.1 Å². The quantitative estimate of drug-likeness (QED) is 0.495. The Balaban J connectivity index is 0.000000465. The molecule has 4 nitrogen and oxygen atoms in total. The van der Waals surface area contributed by atoms with Gasteiger partial charge in [-0.15, -0.1) is 0 Å². The van der Waals surface area contributed by atoms with Crippen LogP contribution in [0.4, 0.5) is 0 Å². The highest BCUT2D eigenvalue weighted by molar-refractivity contribution is 5.29. The summed E-state index contributed by atoms with van der Waals surface area (Å²) in [6.45, 7) is 0. The molecule has 2 aliphatic rings. The fourth-order valence-electron chi connectivity index (χ4n) is 3.32. The molecule has 0 aliphatic heterocycles. The third kappa shape index (κ3) is 10.4. The van der Waals surface area contributed by atoms with E-state index in [2.05, 4.69) is 0 Å². The van der Waals surface area contributed by atoms with Crippen molar-refractivity contribution in [3.8, 4) is 0 Å². The number of nitrogens with one attached hydrogen (secondary N) is 4. The summed E-state index contributed by atoms with van der Waals surface area (Å²) in [5, 5.41) is 22.5. The van der Waals surface area contributed by atoms with Gasteiger partial charge in [-0.25, -0.2) is 21.6 Å². The molecular weight excluding hydrogens is 236 g/mol. The highest BCUT2D eigenvalue weighted by Gasteiger charge is 2.20. The van der Waals surface area contributed by atoms with Gasteiger partial charge in [0.25, 0.3) is 0 Å². The first kappa shape index (κ1) is 17.8. The Bertz CT molecular complexity index is 236. The first-order chi connectivity index (χ1) is 9.28. The Hall–Kier alpha value is -1.24. The van der Waals surface area contributed by atoms with Crippen LogP contribution in [0, 0.1) is 33.5 Å². The molecule has 0 radical (unpaired) electrons. The van der Waals surface area contributed by atoms with Crippen LogP contribution in [-0.2, 0) is 0 Å². The Kier molecular flexibility index (Phi) is 12.3. The van der Waals surface area contributed by atoms with E-state index >= 15 is 0 Å². The van der Waals surface area contributed by atoms with Crippen LogP contribution in [0.1, 0.15) is 70.6 Å². The van der Waals surface area contributed by atoms with Crippen molar-refractivity contribution in [2.24, 2.45) is 11.8 Å². The molecule has 0 unspecified atom stereocenters. The molecule has 2 aliphatic carbocycles. The van der Waals surface area contributed by atoms with Crippen molar-refractivity contribution in [2.75, 3.05) is 0 Å². The minimum absolute atomic E-state index is 1.12. The molecule has 2 rings (SSSR count). The maximum Gasteiger partial charge on any atom is 0.0831 e. The summed E-state index contributed by atoms with van der Waals surface area (Å²) in [6, 6.07) is 2.50. The zero-order chi connectivity index (χ0) is 14.3. The second-order valence-corrected chi connectivity index (χ2v) is 5.49.